The summed E-state index contributed by atoms with van der Waals surface area (Å²) in [5.74, 6) is 0. The Morgan fingerprint density at radius 2 is 2.20 bits per heavy atom. The predicted octanol–water partition coefficient (Wildman–Crippen LogP) is 2.75. The second kappa shape index (κ2) is 3.61. The summed E-state index contributed by atoms with van der Waals surface area (Å²) < 4.78 is 0. The topological polar surface area (TPSA) is 52.9 Å². The van der Waals surface area contributed by atoms with Crippen molar-refractivity contribution in [3.63, 3.8) is 0 Å². The summed E-state index contributed by atoms with van der Waals surface area (Å²) in [6.07, 6.45) is 4.72. The van der Waals surface area contributed by atoms with Crippen LogP contribution in [0.25, 0.3) is 0 Å². The molecule has 1 saturated carbocycles. The molecule has 1 aromatic rings. The normalized spacial score (nSPS) is 17.3. The lowest BCUT2D eigenvalue weighted by molar-refractivity contribution is 0.742. The molecule has 1 aliphatic carbocycles. The third-order valence-electron chi connectivity index (χ3n) is 2.66. The number of nitrogens with zero attached hydrogens (tertiary/aromatic N) is 3. The molecule has 0 saturated heterocycles. The van der Waals surface area contributed by atoms with Crippen LogP contribution in [-0.2, 0) is 0 Å². The molecule has 1 N–H and O–H groups in total. The molecule has 0 aliphatic heterocycles. The van der Waals surface area contributed by atoms with E-state index in [9.17, 15) is 0 Å². The van der Waals surface area contributed by atoms with Gasteiger partial charge in [0.15, 0.2) is 5.15 Å². The van der Waals surface area contributed by atoms with E-state index in [2.05, 4.69) is 17.1 Å². The SMILES string of the molecule is CC1(N(C=N)c2c(Cl)cnnc2Cl)CC1. The standard InChI is InChI=1S/C9H10Cl2N4/c1-9(2-3-9)15(5-12)7-6(10)4-13-14-8(7)11/h4-5,12H,2-3H2,1H3. The van der Waals surface area contributed by atoms with Crippen LogP contribution in [0.3, 0.4) is 0 Å². The molecule has 0 unspecified atom stereocenters. The highest BCUT2D eigenvalue weighted by atomic mass is 35.5. The first-order valence-corrected chi connectivity index (χ1v) is 5.31. The van der Waals surface area contributed by atoms with Gasteiger partial charge in [0.1, 0.15) is 5.69 Å². The van der Waals surface area contributed by atoms with Crippen molar-refractivity contribution in [3.8, 4) is 0 Å². The zero-order valence-electron chi connectivity index (χ0n) is 8.17. The van der Waals surface area contributed by atoms with Crippen LogP contribution in [0.5, 0.6) is 0 Å². The highest BCUT2D eigenvalue weighted by Crippen LogP contribution is 2.46. The van der Waals surface area contributed by atoms with Crippen molar-refractivity contribution in [1.29, 1.82) is 5.41 Å². The van der Waals surface area contributed by atoms with Crippen LogP contribution in [0.15, 0.2) is 6.20 Å². The van der Waals surface area contributed by atoms with Crippen LogP contribution in [0.2, 0.25) is 10.2 Å². The fraction of sp³-hybridized carbons (Fsp3) is 0.444. The van der Waals surface area contributed by atoms with Gasteiger partial charge in [-0.3, -0.25) is 5.41 Å². The van der Waals surface area contributed by atoms with E-state index in [4.69, 9.17) is 28.6 Å². The molecular formula is C9H10Cl2N4. The van der Waals surface area contributed by atoms with Crippen LogP contribution >= 0.6 is 23.2 Å². The third kappa shape index (κ3) is 1.79. The molecule has 0 radical (unpaired) electrons. The Morgan fingerprint density at radius 3 is 2.67 bits per heavy atom. The lowest BCUT2D eigenvalue weighted by Gasteiger charge is -2.27. The lowest BCUT2D eigenvalue weighted by atomic mass is 10.2. The van der Waals surface area contributed by atoms with E-state index in [0.717, 1.165) is 12.8 Å². The van der Waals surface area contributed by atoms with Crippen molar-refractivity contribution >= 4 is 35.2 Å². The van der Waals surface area contributed by atoms with E-state index < -0.39 is 0 Å². The van der Waals surface area contributed by atoms with Crippen molar-refractivity contribution in [2.75, 3.05) is 4.90 Å². The van der Waals surface area contributed by atoms with Crippen molar-refractivity contribution in [1.82, 2.24) is 10.2 Å². The Kier molecular flexibility index (Phi) is 2.56. The minimum atomic E-state index is -0.0436. The summed E-state index contributed by atoms with van der Waals surface area (Å²) in [6, 6.07) is 0. The van der Waals surface area contributed by atoms with Gasteiger partial charge in [-0.15, -0.1) is 5.10 Å². The van der Waals surface area contributed by atoms with Gasteiger partial charge in [0.25, 0.3) is 0 Å². The summed E-state index contributed by atoms with van der Waals surface area (Å²) in [6.45, 7) is 2.06. The largest absolute Gasteiger partial charge is 0.323 e. The van der Waals surface area contributed by atoms with Gasteiger partial charge in [0.2, 0.25) is 0 Å². The van der Waals surface area contributed by atoms with Gasteiger partial charge in [0.05, 0.1) is 17.6 Å². The first kappa shape index (κ1) is 10.6. The van der Waals surface area contributed by atoms with Gasteiger partial charge < -0.3 is 4.90 Å². The Hall–Kier alpha value is -0.870. The first-order chi connectivity index (χ1) is 7.08. The molecule has 1 heterocycles. The van der Waals surface area contributed by atoms with Crippen molar-refractivity contribution in [2.45, 2.75) is 25.3 Å². The maximum atomic E-state index is 7.42. The molecule has 0 aromatic carbocycles. The summed E-state index contributed by atoms with van der Waals surface area (Å²) >= 11 is 11.9. The predicted molar refractivity (Wildman–Crippen MR) is 61.0 cm³/mol. The number of anilines is 1. The number of hydrogen-bond donors (Lipinski definition) is 1. The highest BCUT2D eigenvalue weighted by molar-refractivity contribution is 6.38. The molecule has 1 aliphatic rings. The highest BCUT2D eigenvalue weighted by Gasteiger charge is 2.44. The molecule has 0 spiro atoms. The van der Waals surface area contributed by atoms with E-state index in [-0.39, 0.29) is 10.7 Å². The minimum Gasteiger partial charge on any atom is -0.323 e. The van der Waals surface area contributed by atoms with Crippen molar-refractivity contribution < 1.29 is 0 Å². The first-order valence-electron chi connectivity index (χ1n) is 4.55. The molecule has 2 rings (SSSR count). The quantitative estimate of drug-likeness (QED) is 0.658. The van der Waals surface area contributed by atoms with Gasteiger partial charge in [-0.25, -0.2) is 0 Å². The van der Waals surface area contributed by atoms with Crippen molar-refractivity contribution in [2.24, 2.45) is 0 Å². The van der Waals surface area contributed by atoms with Crippen LogP contribution in [0.4, 0.5) is 5.69 Å². The lowest BCUT2D eigenvalue weighted by Crippen LogP contribution is -2.34. The number of nitrogens with one attached hydrogen (secondary N) is 1. The molecule has 15 heavy (non-hydrogen) atoms. The Balaban J connectivity index is 2.47. The van der Waals surface area contributed by atoms with Crippen LogP contribution in [0.1, 0.15) is 19.8 Å². The maximum absolute atomic E-state index is 7.42. The summed E-state index contributed by atoms with van der Waals surface area (Å²) in [7, 11) is 0. The van der Waals surface area contributed by atoms with E-state index in [1.807, 2.05) is 0 Å². The van der Waals surface area contributed by atoms with Gasteiger partial charge in [-0.2, -0.15) is 5.10 Å². The Morgan fingerprint density at radius 1 is 1.53 bits per heavy atom. The fourth-order valence-electron chi connectivity index (χ4n) is 1.46. The molecule has 0 atom stereocenters. The molecule has 1 aromatic heterocycles. The number of halogens is 2. The average Bonchev–Trinajstić information content (AvgIpc) is 2.91. The molecule has 1 fully saturated rings. The van der Waals surface area contributed by atoms with Gasteiger partial charge in [-0.1, -0.05) is 23.2 Å². The molecule has 6 heteroatoms. The zero-order chi connectivity index (χ0) is 11.1. The summed E-state index contributed by atoms with van der Waals surface area (Å²) in [4.78, 5) is 1.76. The van der Waals surface area contributed by atoms with Crippen molar-refractivity contribution in [3.05, 3.63) is 16.4 Å². The smallest absolute Gasteiger partial charge is 0.176 e. The molecule has 0 amide bonds. The monoisotopic (exact) mass is 244 g/mol. The minimum absolute atomic E-state index is 0.0436. The van der Waals surface area contributed by atoms with Gasteiger partial charge >= 0.3 is 0 Å². The Bertz CT molecular complexity index is 383. The molecular weight excluding hydrogens is 235 g/mol. The number of aromatic nitrogens is 2. The van der Waals surface area contributed by atoms with Crippen LogP contribution in [-0.4, -0.2) is 22.1 Å². The molecule has 80 valence electrons. The second-order valence-electron chi connectivity index (χ2n) is 3.83. The average molecular weight is 245 g/mol. The maximum Gasteiger partial charge on any atom is 0.176 e. The van der Waals surface area contributed by atoms with E-state index in [1.54, 1.807) is 4.90 Å². The van der Waals surface area contributed by atoms with Gasteiger partial charge in [0, 0.05) is 5.54 Å². The second-order valence-corrected chi connectivity index (χ2v) is 4.59. The molecule has 0 bridgehead atoms. The Labute approximate surface area is 97.7 Å². The van der Waals surface area contributed by atoms with Crippen LogP contribution < -0.4 is 4.90 Å². The number of hydrogen-bond acceptors (Lipinski definition) is 3. The molecule has 4 nitrogen and oxygen atoms in total. The summed E-state index contributed by atoms with van der Waals surface area (Å²) in [5, 5.41) is 15.5. The van der Waals surface area contributed by atoms with Crippen LogP contribution in [0, 0.1) is 5.41 Å². The fourth-order valence-corrected chi connectivity index (χ4v) is 1.97. The zero-order valence-corrected chi connectivity index (χ0v) is 9.68. The van der Waals surface area contributed by atoms with E-state index in [1.165, 1.54) is 12.5 Å². The van der Waals surface area contributed by atoms with E-state index in [0.29, 0.717) is 10.7 Å². The van der Waals surface area contributed by atoms with E-state index >= 15 is 0 Å². The van der Waals surface area contributed by atoms with Gasteiger partial charge in [-0.05, 0) is 19.8 Å². The summed E-state index contributed by atoms with van der Waals surface area (Å²) in [5.41, 5.74) is 0.529. The number of rotatable bonds is 3. The third-order valence-corrected chi connectivity index (χ3v) is 3.19.